The number of benzene rings is 1. The third-order valence-corrected chi connectivity index (χ3v) is 4.20. The van der Waals surface area contributed by atoms with Crippen molar-refractivity contribution >= 4 is 5.91 Å². The van der Waals surface area contributed by atoms with E-state index >= 15 is 0 Å². The molecule has 0 unspecified atom stereocenters. The van der Waals surface area contributed by atoms with Gasteiger partial charge in [0.25, 0.3) is 5.91 Å². The van der Waals surface area contributed by atoms with Crippen molar-refractivity contribution in [3.63, 3.8) is 0 Å². The fourth-order valence-electron chi connectivity index (χ4n) is 2.68. The zero-order chi connectivity index (χ0) is 17.0. The average Bonchev–Trinajstić information content (AvgIpc) is 2.63. The van der Waals surface area contributed by atoms with Gasteiger partial charge >= 0.3 is 0 Å². The Morgan fingerprint density at radius 2 is 1.92 bits per heavy atom. The summed E-state index contributed by atoms with van der Waals surface area (Å²) >= 11 is 0. The zero-order valence-corrected chi connectivity index (χ0v) is 14.8. The first-order valence-corrected chi connectivity index (χ1v) is 9.10. The van der Waals surface area contributed by atoms with Gasteiger partial charge in [-0.1, -0.05) is 26.2 Å². The summed E-state index contributed by atoms with van der Waals surface area (Å²) in [6.07, 6.45) is 4.78. The van der Waals surface area contributed by atoms with Crippen molar-refractivity contribution < 1.29 is 14.3 Å². The molecular weight excluding hydrogens is 304 g/mol. The molecule has 5 nitrogen and oxygen atoms in total. The maximum atomic E-state index is 12.1. The molecule has 1 aliphatic rings. The van der Waals surface area contributed by atoms with Gasteiger partial charge in [-0.15, -0.1) is 0 Å². The number of rotatable bonds is 10. The molecule has 24 heavy (non-hydrogen) atoms. The first-order chi connectivity index (χ1) is 11.8. The lowest BCUT2D eigenvalue weighted by Crippen LogP contribution is -2.41. The van der Waals surface area contributed by atoms with Gasteiger partial charge in [-0.05, 0) is 30.7 Å². The lowest BCUT2D eigenvalue weighted by Gasteiger charge is -2.26. The number of nitrogens with one attached hydrogen (secondary N) is 1. The van der Waals surface area contributed by atoms with Crippen LogP contribution in [0.2, 0.25) is 0 Å². The van der Waals surface area contributed by atoms with E-state index in [4.69, 9.17) is 9.47 Å². The standard InChI is InChI=1S/C19H30N2O3/c1-2-3-4-5-14-24-18-8-6-17(7-9-18)19(22)20-10-11-21-12-15-23-16-13-21/h6-9H,2-5,10-16H2,1H3,(H,20,22). The molecule has 0 spiro atoms. The topological polar surface area (TPSA) is 50.8 Å². The number of nitrogens with zero attached hydrogens (tertiary/aromatic N) is 1. The minimum atomic E-state index is -0.0299. The summed E-state index contributed by atoms with van der Waals surface area (Å²) in [5.41, 5.74) is 0.676. The Balaban J connectivity index is 1.64. The molecule has 5 heteroatoms. The van der Waals surface area contributed by atoms with Crippen LogP contribution in [0.25, 0.3) is 0 Å². The molecule has 134 valence electrons. The fraction of sp³-hybridized carbons (Fsp3) is 0.632. The Morgan fingerprint density at radius 3 is 2.62 bits per heavy atom. The molecule has 1 N–H and O–H groups in total. The van der Waals surface area contributed by atoms with Crippen LogP contribution in [0.4, 0.5) is 0 Å². The van der Waals surface area contributed by atoms with Crippen LogP contribution in [0.5, 0.6) is 5.75 Å². The number of carbonyl (C=O) groups excluding carboxylic acids is 1. The fourth-order valence-corrected chi connectivity index (χ4v) is 2.68. The van der Waals surface area contributed by atoms with E-state index in [1.165, 1.54) is 19.3 Å². The number of hydrogen-bond donors (Lipinski definition) is 1. The van der Waals surface area contributed by atoms with E-state index in [0.29, 0.717) is 12.1 Å². The molecule has 1 aliphatic heterocycles. The summed E-state index contributed by atoms with van der Waals surface area (Å²) in [5, 5.41) is 2.97. The molecule has 0 saturated carbocycles. The Bertz CT molecular complexity index is 470. The highest BCUT2D eigenvalue weighted by Crippen LogP contribution is 2.13. The third kappa shape index (κ3) is 6.89. The highest BCUT2D eigenvalue weighted by atomic mass is 16.5. The van der Waals surface area contributed by atoms with Crippen molar-refractivity contribution in [2.75, 3.05) is 46.0 Å². The number of unbranched alkanes of at least 4 members (excludes halogenated alkanes) is 3. The van der Waals surface area contributed by atoms with Crippen LogP contribution in [-0.2, 0) is 4.74 Å². The third-order valence-electron chi connectivity index (χ3n) is 4.20. The van der Waals surface area contributed by atoms with Crippen molar-refractivity contribution in [3.05, 3.63) is 29.8 Å². The van der Waals surface area contributed by atoms with Crippen LogP contribution < -0.4 is 10.1 Å². The highest BCUT2D eigenvalue weighted by Gasteiger charge is 2.11. The molecule has 1 fully saturated rings. The normalized spacial score (nSPS) is 15.2. The summed E-state index contributed by atoms with van der Waals surface area (Å²) in [4.78, 5) is 14.4. The molecular formula is C19H30N2O3. The van der Waals surface area contributed by atoms with Crippen LogP contribution in [-0.4, -0.2) is 56.8 Å². The summed E-state index contributed by atoms with van der Waals surface area (Å²) in [6, 6.07) is 7.39. The Kier molecular flexibility index (Phi) is 8.63. The van der Waals surface area contributed by atoms with Crippen LogP contribution >= 0.6 is 0 Å². The van der Waals surface area contributed by atoms with Gasteiger partial charge in [-0.25, -0.2) is 0 Å². The molecule has 1 aromatic carbocycles. The van der Waals surface area contributed by atoms with Crippen molar-refractivity contribution in [2.45, 2.75) is 32.6 Å². The maximum Gasteiger partial charge on any atom is 0.251 e. The Labute approximate surface area is 145 Å². The number of amides is 1. The molecule has 0 atom stereocenters. The van der Waals surface area contributed by atoms with E-state index in [0.717, 1.165) is 51.6 Å². The molecule has 1 aromatic rings. The summed E-state index contributed by atoms with van der Waals surface area (Å²) < 4.78 is 11.0. The van der Waals surface area contributed by atoms with Crippen molar-refractivity contribution in [1.29, 1.82) is 0 Å². The van der Waals surface area contributed by atoms with E-state index in [1.54, 1.807) is 0 Å². The monoisotopic (exact) mass is 334 g/mol. The van der Waals surface area contributed by atoms with E-state index in [9.17, 15) is 4.79 Å². The van der Waals surface area contributed by atoms with Gasteiger partial charge in [0.15, 0.2) is 0 Å². The molecule has 1 amide bonds. The summed E-state index contributed by atoms with van der Waals surface area (Å²) in [7, 11) is 0. The van der Waals surface area contributed by atoms with Gasteiger partial charge in [0.1, 0.15) is 5.75 Å². The predicted molar refractivity (Wildman–Crippen MR) is 95.7 cm³/mol. The minimum absolute atomic E-state index is 0.0299. The van der Waals surface area contributed by atoms with Crippen LogP contribution in [0, 0.1) is 0 Å². The SMILES string of the molecule is CCCCCCOc1ccc(C(=O)NCCN2CCOCC2)cc1. The number of carbonyl (C=O) groups is 1. The van der Waals surface area contributed by atoms with Gasteiger partial charge < -0.3 is 14.8 Å². The molecule has 0 radical (unpaired) electrons. The molecule has 0 aromatic heterocycles. The molecule has 0 aliphatic carbocycles. The quantitative estimate of drug-likeness (QED) is 0.669. The minimum Gasteiger partial charge on any atom is -0.494 e. The van der Waals surface area contributed by atoms with Gasteiger partial charge in [-0.3, -0.25) is 9.69 Å². The largest absolute Gasteiger partial charge is 0.494 e. The van der Waals surface area contributed by atoms with Crippen LogP contribution in [0.3, 0.4) is 0 Å². The van der Waals surface area contributed by atoms with Crippen LogP contribution in [0.1, 0.15) is 43.0 Å². The summed E-state index contributed by atoms with van der Waals surface area (Å²) in [6.45, 7) is 7.93. The van der Waals surface area contributed by atoms with Gasteiger partial charge in [-0.2, -0.15) is 0 Å². The van der Waals surface area contributed by atoms with E-state index < -0.39 is 0 Å². The number of morpholine rings is 1. The predicted octanol–water partition coefficient (Wildman–Crippen LogP) is 2.71. The van der Waals surface area contributed by atoms with E-state index in [2.05, 4.69) is 17.1 Å². The number of hydrogen-bond acceptors (Lipinski definition) is 4. The lowest BCUT2D eigenvalue weighted by atomic mass is 10.2. The lowest BCUT2D eigenvalue weighted by molar-refractivity contribution is 0.0383. The Hall–Kier alpha value is -1.59. The van der Waals surface area contributed by atoms with Gasteiger partial charge in [0.05, 0.1) is 19.8 Å². The highest BCUT2D eigenvalue weighted by molar-refractivity contribution is 5.94. The molecule has 2 rings (SSSR count). The molecule has 1 heterocycles. The number of ether oxygens (including phenoxy) is 2. The smallest absolute Gasteiger partial charge is 0.251 e. The average molecular weight is 334 g/mol. The molecule has 0 bridgehead atoms. The van der Waals surface area contributed by atoms with Crippen molar-refractivity contribution in [3.8, 4) is 5.75 Å². The van der Waals surface area contributed by atoms with Crippen molar-refractivity contribution in [2.24, 2.45) is 0 Å². The second kappa shape index (κ2) is 11.0. The second-order valence-electron chi connectivity index (χ2n) is 6.14. The van der Waals surface area contributed by atoms with Crippen LogP contribution in [0.15, 0.2) is 24.3 Å². The molecule has 1 saturated heterocycles. The first kappa shape index (κ1) is 18.7. The summed E-state index contributed by atoms with van der Waals surface area (Å²) in [5.74, 6) is 0.800. The van der Waals surface area contributed by atoms with E-state index in [-0.39, 0.29) is 5.91 Å². The Morgan fingerprint density at radius 1 is 1.17 bits per heavy atom. The van der Waals surface area contributed by atoms with Gasteiger partial charge in [0, 0.05) is 31.7 Å². The van der Waals surface area contributed by atoms with Gasteiger partial charge in [0.2, 0.25) is 0 Å². The maximum absolute atomic E-state index is 12.1. The first-order valence-electron chi connectivity index (χ1n) is 9.10. The van der Waals surface area contributed by atoms with E-state index in [1.807, 2.05) is 24.3 Å². The van der Waals surface area contributed by atoms with Crippen molar-refractivity contribution in [1.82, 2.24) is 10.2 Å². The second-order valence-corrected chi connectivity index (χ2v) is 6.14. The zero-order valence-electron chi connectivity index (χ0n) is 14.8.